The second kappa shape index (κ2) is 10.9. The number of benzene rings is 2. The zero-order chi connectivity index (χ0) is 24.0. The van der Waals surface area contributed by atoms with Gasteiger partial charge in [0.1, 0.15) is 10.9 Å². The first-order valence-corrected chi connectivity index (χ1v) is 11.0. The van der Waals surface area contributed by atoms with E-state index in [1.165, 1.54) is 35.9 Å². The number of carbonyl (C=O) groups is 2. The first kappa shape index (κ1) is 24.2. The van der Waals surface area contributed by atoms with Crippen molar-refractivity contribution in [3.05, 3.63) is 68.6 Å². The average molecular weight is 489 g/mol. The van der Waals surface area contributed by atoms with Crippen molar-refractivity contribution in [1.82, 2.24) is 4.90 Å². The molecule has 1 aliphatic rings. The van der Waals surface area contributed by atoms with Crippen LogP contribution >= 0.6 is 24.0 Å². The van der Waals surface area contributed by atoms with Gasteiger partial charge in [-0.15, -0.1) is 0 Å². The van der Waals surface area contributed by atoms with E-state index < -0.39 is 10.9 Å². The van der Waals surface area contributed by atoms with Crippen LogP contribution in [0.15, 0.2) is 47.4 Å². The van der Waals surface area contributed by atoms with Crippen molar-refractivity contribution in [1.29, 1.82) is 0 Å². The number of nitro benzene ring substituents is 1. The third-order valence-corrected chi connectivity index (χ3v) is 6.05. The molecule has 1 heterocycles. The molecule has 0 bridgehead atoms. The molecule has 2 aromatic rings. The maximum absolute atomic E-state index is 12.6. The molecule has 1 aliphatic heterocycles. The normalized spacial score (nSPS) is 14.6. The highest BCUT2D eigenvalue weighted by molar-refractivity contribution is 8.26. The van der Waals surface area contributed by atoms with Gasteiger partial charge in [0, 0.05) is 25.1 Å². The molecule has 3 rings (SSSR count). The fourth-order valence-corrected chi connectivity index (χ4v) is 4.31. The van der Waals surface area contributed by atoms with Crippen LogP contribution in [0.4, 0.5) is 5.69 Å². The molecule has 0 aliphatic carbocycles. The number of amides is 1. The quantitative estimate of drug-likeness (QED) is 0.226. The Morgan fingerprint density at radius 2 is 1.97 bits per heavy atom. The zero-order valence-electron chi connectivity index (χ0n) is 17.6. The van der Waals surface area contributed by atoms with Gasteiger partial charge in [-0.25, -0.2) is 0 Å². The number of ether oxygens (including phenoxy) is 2. The van der Waals surface area contributed by atoms with Crippen LogP contribution in [0.25, 0.3) is 6.08 Å². The molecule has 11 heteroatoms. The number of aliphatic carboxylic acids is 1. The molecule has 1 N–H and O–H groups in total. The van der Waals surface area contributed by atoms with Crippen molar-refractivity contribution < 1.29 is 29.1 Å². The lowest BCUT2D eigenvalue weighted by molar-refractivity contribution is -0.384. The Hall–Kier alpha value is -3.44. The van der Waals surface area contributed by atoms with Crippen LogP contribution in [0.2, 0.25) is 0 Å². The topological polar surface area (TPSA) is 119 Å². The predicted octanol–water partition coefficient (Wildman–Crippen LogP) is 4.25. The average Bonchev–Trinajstić information content (AvgIpc) is 3.05. The van der Waals surface area contributed by atoms with Crippen molar-refractivity contribution in [2.24, 2.45) is 0 Å². The van der Waals surface area contributed by atoms with Gasteiger partial charge in [-0.2, -0.15) is 0 Å². The number of carboxylic acids is 1. The lowest BCUT2D eigenvalue weighted by Gasteiger charge is -2.13. The van der Waals surface area contributed by atoms with Gasteiger partial charge in [0.05, 0.1) is 16.9 Å². The molecule has 9 nitrogen and oxygen atoms in total. The third-order valence-electron chi connectivity index (χ3n) is 4.67. The fourth-order valence-electron chi connectivity index (χ4n) is 3.00. The van der Waals surface area contributed by atoms with E-state index in [0.717, 1.165) is 5.56 Å². The highest BCUT2D eigenvalue weighted by atomic mass is 32.2. The molecule has 0 spiro atoms. The van der Waals surface area contributed by atoms with Crippen LogP contribution < -0.4 is 9.47 Å². The molecule has 1 fully saturated rings. The summed E-state index contributed by atoms with van der Waals surface area (Å²) >= 11 is 6.43. The van der Waals surface area contributed by atoms with Crippen molar-refractivity contribution in [2.75, 3.05) is 13.7 Å². The summed E-state index contributed by atoms with van der Waals surface area (Å²) in [4.78, 5) is 35.5. The summed E-state index contributed by atoms with van der Waals surface area (Å²) < 4.78 is 11.6. The van der Waals surface area contributed by atoms with E-state index in [1.54, 1.807) is 36.4 Å². The van der Waals surface area contributed by atoms with Gasteiger partial charge >= 0.3 is 5.97 Å². The summed E-state index contributed by atoms with van der Waals surface area (Å²) in [5.41, 5.74) is 1.48. The molecule has 0 saturated carbocycles. The van der Waals surface area contributed by atoms with Crippen LogP contribution in [0, 0.1) is 10.1 Å². The zero-order valence-corrected chi connectivity index (χ0v) is 19.2. The molecule has 172 valence electrons. The van der Waals surface area contributed by atoms with E-state index in [0.29, 0.717) is 32.7 Å². The smallest absolute Gasteiger partial charge is 0.303 e. The number of hydrogen-bond donors (Lipinski definition) is 1. The Morgan fingerprint density at radius 1 is 1.24 bits per heavy atom. The monoisotopic (exact) mass is 488 g/mol. The standard InChI is InChI=1S/C22H20N2O7S2/c1-30-18-11-15(12-19-21(27)23(22(32)33-19)10-2-3-20(25)26)6-9-17(18)31-13-14-4-7-16(8-5-14)24(28)29/h4-9,11-12H,2-3,10,13H2,1H3,(H,25,26)/b19-12-. The molecule has 0 aromatic heterocycles. The molecule has 0 unspecified atom stereocenters. The molecule has 0 radical (unpaired) electrons. The van der Waals surface area contributed by atoms with Crippen molar-refractivity contribution >= 4 is 51.9 Å². The van der Waals surface area contributed by atoms with E-state index in [9.17, 15) is 19.7 Å². The lowest BCUT2D eigenvalue weighted by Crippen LogP contribution is -2.29. The molecule has 2 aromatic carbocycles. The fraction of sp³-hybridized carbons (Fsp3) is 0.227. The largest absolute Gasteiger partial charge is 0.493 e. The number of carboxylic acid groups (broad SMARTS) is 1. The summed E-state index contributed by atoms with van der Waals surface area (Å²) in [6, 6.07) is 11.3. The number of thiocarbonyl (C=S) groups is 1. The summed E-state index contributed by atoms with van der Waals surface area (Å²) in [5, 5.41) is 19.5. The van der Waals surface area contributed by atoms with Crippen LogP contribution in [0.1, 0.15) is 24.0 Å². The van der Waals surface area contributed by atoms with Gasteiger partial charge in [0.2, 0.25) is 0 Å². The SMILES string of the molecule is COc1cc(/C=C2\SC(=S)N(CCCC(=O)O)C2=O)ccc1OCc1ccc([N+](=O)[O-])cc1. The Bertz CT molecular complexity index is 1120. The summed E-state index contributed by atoms with van der Waals surface area (Å²) in [5.74, 6) is -0.233. The Kier molecular flexibility index (Phi) is 8.01. The van der Waals surface area contributed by atoms with Crippen LogP contribution in [-0.2, 0) is 16.2 Å². The molecular weight excluding hydrogens is 468 g/mol. The molecule has 1 saturated heterocycles. The first-order chi connectivity index (χ1) is 15.8. The second-order valence-corrected chi connectivity index (χ2v) is 8.63. The maximum Gasteiger partial charge on any atom is 0.303 e. The number of rotatable bonds is 10. The van der Waals surface area contributed by atoms with Crippen LogP contribution in [0.5, 0.6) is 11.5 Å². The summed E-state index contributed by atoms with van der Waals surface area (Å²) in [6.45, 7) is 0.454. The molecule has 1 amide bonds. The summed E-state index contributed by atoms with van der Waals surface area (Å²) in [7, 11) is 1.50. The van der Waals surface area contributed by atoms with Gasteiger partial charge in [0.15, 0.2) is 11.5 Å². The van der Waals surface area contributed by atoms with E-state index in [2.05, 4.69) is 0 Å². The van der Waals surface area contributed by atoms with Gasteiger partial charge in [-0.1, -0.05) is 30.0 Å². The Labute approximate surface area is 199 Å². The molecule has 0 atom stereocenters. The van der Waals surface area contributed by atoms with Crippen molar-refractivity contribution in [2.45, 2.75) is 19.4 Å². The van der Waals surface area contributed by atoms with Gasteiger partial charge in [-0.3, -0.25) is 24.6 Å². The highest BCUT2D eigenvalue weighted by Gasteiger charge is 2.31. The van der Waals surface area contributed by atoms with E-state index in [1.807, 2.05) is 0 Å². The maximum atomic E-state index is 12.6. The number of nitrogens with zero attached hydrogens (tertiary/aromatic N) is 2. The van der Waals surface area contributed by atoms with Crippen LogP contribution in [-0.4, -0.2) is 44.8 Å². The first-order valence-electron chi connectivity index (χ1n) is 9.80. The van der Waals surface area contributed by atoms with Crippen molar-refractivity contribution in [3.8, 4) is 11.5 Å². The highest BCUT2D eigenvalue weighted by Crippen LogP contribution is 2.35. The Balaban J connectivity index is 1.68. The Morgan fingerprint density at radius 3 is 2.61 bits per heavy atom. The van der Waals surface area contributed by atoms with Crippen LogP contribution in [0.3, 0.4) is 0 Å². The molecule has 33 heavy (non-hydrogen) atoms. The number of non-ortho nitro benzene ring substituents is 1. The number of carbonyl (C=O) groups excluding carboxylic acids is 1. The second-order valence-electron chi connectivity index (χ2n) is 6.95. The number of hydrogen-bond acceptors (Lipinski definition) is 8. The van der Waals surface area contributed by atoms with Gasteiger partial charge < -0.3 is 14.6 Å². The van der Waals surface area contributed by atoms with E-state index >= 15 is 0 Å². The lowest BCUT2D eigenvalue weighted by atomic mass is 10.1. The van der Waals surface area contributed by atoms with E-state index in [4.69, 9.17) is 26.8 Å². The summed E-state index contributed by atoms with van der Waals surface area (Å²) in [6.07, 6.45) is 1.98. The molecular formula is C22H20N2O7S2. The van der Waals surface area contributed by atoms with E-state index in [-0.39, 0.29) is 31.2 Å². The number of nitro groups is 1. The minimum atomic E-state index is -0.918. The van der Waals surface area contributed by atoms with Gasteiger partial charge in [0.25, 0.3) is 11.6 Å². The van der Waals surface area contributed by atoms with Gasteiger partial charge in [-0.05, 0) is 47.9 Å². The third kappa shape index (κ3) is 6.30. The van der Waals surface area contributed by atoms with Crippen molar-refractivity contribution in [3.63, 3.8) is 0 Å². The number of methoxy groups -OCH3 is 1. The minimum Gasteiger partial charge on any atom is -0.493 e. The minimum absolute atomic E-state index is 0.00739. The number of thioether (sulfide) groups is 1. The predicted molar refractivity (Wildman–Crippen MR) is 127 cm³/mol.